The van der Waals surface area contributed by atoms with Crippen LogP contribution in [0.15, 0.2) is 14.7 Å². The molecule has 2 atom stereocenters. The Labute approximate surface area is 124 Å². The van der Waals surface area contributed by atoms with Gasteiger partial charge in [-0.3, -0.25) is 4.79 Å². The van der Waals surface area contributed by atoms with Crippen molar-refractivity contribution >= 4 is 43.3 Å². The monoisotopic (exact) mass is 367 g/mol. The summed E-state index contributed by atoms with van der Waals surface area (Å²) in [5, 5.41) is 9.07. The molecule has 1 aromatic heterocycles. The molecule has 5 nitrogen and oxygen atoms in total. The number of hydrogen-bond acceptors (Lipinski definition) is 4. The number of carboxylic acids is 1. The molecule has 2 unspecified atom stereocenters. The lowest BCUT2D eigenvalue weighted by Gasteiger charge is -2.17. The molecule has 2 rings (SSSR count). The fraction of sp³-hybridized carbons (Fsp3) is 0.545. The van der Waals surface area contributed by atoms with Gasteiger partial charge in [-0.1, -0.05) is 6.42 Å². The maximum absolute atomic E-state index is 12.3. The van der Waals surface area contributed by atoms with E-state index in [4.69, 9.17) is 5.11 Å². The van der Waals surface area contributed by atoms with Crippen LogP contribution < -0.4 is 4.72 Å². The first kappa shape index (κ1) is 15.0. The van der Waals surface area contributed by atoms with Crippen molar-refractivity contribution in [2.24, 2.45) is 5.92 Å². The third-order valence-electron chi connectivity index (χ3n) is 3.27. The van der Waals surface area contributed by atoms with E-state index in [1.807, 2.05) is 0 Å². The average Bonchev–Trinajstić information content (AvgIpc) is 2.84. The number of aryl methyl sites for hydroxylation is 1. The van der Waals surface area contributed by atoms with Crippen LogP contribution in [0.25, 0.3) is 0 Å². The molecule has 19 heavy (non-hydrogen) atoms. The largest absolute Gasteiger partial charge is 0.481 e. The zero-order valence-electron chi connectivity index (χ0n) is 10.2. The van der Waals surface area contributed by atoms with Gasteiger partial charge in [0.2, 0.25) is 10.0 Å². The minimum Gasteiger partial charge on any atom is -0.481 e. The molecule has 0 amide bonds. The first-order valence-electron chi connectivity index (χ1n) is 5.82. The summed E-state index contributed by atoms with van der Waals surface area (Å²) in [4.78, 5) is 12.0. The predicted molar refractivity (Wildman–Crippen MR) is 75.8 cm³/mol. The minimum atomic E-state index is -3.65. The summed E-state index contributed by atoms with van der Waals surface area (Å²) < 4.78 is 27.8. The fourth-order valence-corrected chi connectivity index (χ4v) is 6.08. The van der Waals surface area contributed by atoms with E-state index in [2.05, 4.69) is 20.7 Å². The van der Waals surface area contributed by atoms with Gasteiger partial charge >= 0.3 is 5.97 Å². The molecule has 1 heterocycles. The number of thiophene rings is 1. The van der Waals surface area contributed by atoms with E-state index in [0.29, 0.717) is 17.7 Å². The number of carboxylic acid groups (broad SMARTS) is 1. The number of rotatable bonds is 4. The summed E-state index contributed by atoms with van der Waals surface area (Å²) in [5.41, 5.74) is 0. The van der Waals surface area contributed by atoms with Crippen molar-refractivity contribution in [2.75, 3.05) is 0 Å². The highest BCUT2D eigenvalue weighted by molar-refractivity contribution is 9.11. The first-order chi connectivity index (χ1) is 8.81. The van der Waals surface area contributed by atoms with Crippen molar-refractivity contribution in [1.82, 2.24) is 4.72 Å². The van der Waals surface area contributed by atoms with Gasteiger partial charge in [-0.25, -0.2) is 13.1 Å². The molecule has 0 bridgehead atoms. The summed E-state index contributed by atoms with van der Waals surface area (Å²) >= 11 is 4.60. The molecule has 1 aliphatic rings. The van der Waals surface area contributed by atoms with E-state index >= 15 is 0 Å². The highest BCUT2D eigenvalue weighted by Gasteiger charge is 2.36. The Hall–Kier alpha value is -0.440. The number of halogens is 1. The van der Waals surface area contributed by atoms with Gasteiger partial charge in [0.25, 0.3) is 0 Å². The fourth-order valence-electron chi connectivity index (χ4n) is 2.36. The lowest BCUT2D eigenvalue weighted by atomic mass is 10.1. The van der Waals surface area contributed by atoms with Crippen molar-refractivity contribution < 1.29 is 18.3 Å². The van der Waals surface area contributed by atoms with Crippen LogP contribution in [0, 0.1) is 12.8 Å². The van der Waals surface area contributed by atoms with Crippen molar-refractivity contribution in [3.8, 4) is 0 Å². The van der Waals surface area contributed by atoms with E-state index in [1.165, 1.54) is 11.3 Å². The van der Waals surface area contributed by atoms with Crippen LogP contribution in [0.2, 0.25) is 0 Å². The second kappa shape index (κ2) is 5.51. The van der Waals surface area contributed by atoms with Crippen LogP contribution in [0.5, 0.6) is 0 Å². The maximum Gasteiger partial charge on any atom is 0.308 e. The molecule has 0 saturated heterocycles. The van der Waals surface area contributed by atoms with Crippen molar-refractivity contribution in [1.29, 1.82) is 0 Å². The van der Waals surface area contributed by atoms with Gasteiger partial charge in [-0.2, -0.15) is 0 Å². The summed E-state index contributed by atoms with van der Waals surface area (Å²) in [6.45, 7) is 1.73. The molecule has 0 spiro atoms. The Morgan fingerprint density at radius 1 is 1.53 bits per heavy atom. The normalized spacial score (nSPS) is 23.7. The first-order valence-corrected chi connectivity index (χ1v) is 8.91. The van der Waals surface area contributed by atoms with Crippen LogP contribution in [0.3, 0.4) is 0 Å². The topological polar surface area (TPSA) is 83.5 Å². The Balaban J connectivity index is 2.22. The van der Waals surface area contributed by atoms with Crippen LogP contribution in [0.4, 0.5) is 0 Å². The molecule has 0 radical (unpaired) electrons. The van der Waals surface area contributed by atoms with E-state index < -0.39 is 28.0 Å². The predicted octanol–water partition coefficient (Wildman–Crippen LogP) is 2.35. The van der Waals surface area contributed by atoms with Crippen LogP contribution in [-0.4, -0.2) is 25.5 Å². The molecule has 1 saturated carbocycles. The molecular formula is C11H14BrNO4S2. The van der Waals surface area contributed by atoms with Gasteiger partial charge in [-0.15, -0.1) is 11.3 Å². The van der Waals surface area contributed by atoms with Crippen molar-refractivity contribution in [2.45, 2.75) is 37.1 Å². The Morgan fingerprint density at radius 3 is 2.74 bits per heavy atom. The molecule has 1 fully saturated rings. The van der Waals surface area contributed by atoms with Gasteiger partial charge in [0, 0.05) is 10.9 Å². The molecule has 2 N–H and O–H groups in total. The maximum atomic E-state index is 12.3. The third kappa shape index (κ3) is 3.18. The van der Waals surface area contributed by atoms with Crippen LogP contribution in [0.1, 0.15) is 24.1 Å². The molecule has 1 aliphatic carbocycles. The zero-order chi connectivity index (χ0) is 14.2. The summed E-state index contributed by atoms with van der Waals surface area (Å²) in [7, 11) is -3.65. The van der Waals surface area contributed by atoms with E-state index in [-0.39, 0.29) is 4.90 Å². The summed E-state index contributed by atoms with van der Waals surface area (Å²) in [5.74, 6) is -1.56. The third-order valence-corrected chi connectivity index (χ3v) is 6.57. The SMILES string of the molecule is Cc1sc(Br)cc1S(=O)(=O)NC1CCCC1C(=O)O. The zero-order valence-corrected chi connectivity index (χ0v) is 13.4. The molecule has 106 valence electrons. The number of nitrogens with one attached hydrogen (secondary N) is 1. The smallest absolute Gasteiger partial charge is 0.308 e. The highest BCUT2D eigenvalue weighted by Crippen LogP contribution is 2.32. The molecular weight excluding hydrogens is 354 g/mol. The second-order valence-corrected chi connectivity index (χ2v) is 8.89. The lowest BCUT2D eigenvalue weighted by Crippen LogP contribution is -2.40. The summed E-state index contributed by atoms with van der Waals surface area (Å²) in [6.07, 6.45) is 1.83. The molecule has 8 heteroatoms. The van der Waals surface area contributed by atoms with Gasteiger partial charge in [-0.05, 0) is 41.8 Å². The Bertz CT molecular complexity index is 596. The Kier molecular flexibility index (Phi) is 4.34. The quantitative estimate of drug-likeness (QED) is 0.855. The number of sulfonamides is 1. The second-order valence-electron chi connectivity index (χ2n) is 4.57. The molecule has 0 aliphatic heterocycles. The minimum absolute atomic E-state index is 0.223. The highest BCUT2D eigenvalue weighted by atomic mass is 79.9. The van der Waals surface area contributed by atoms with Crippen molar-refractivity contribution in [3.05, 3.63) is 14.7 Å². The average molecular weight is 368 g/mol. The molecule has 1 aromatic rings. The van der Waals surface area contributed by atoms with E-state index in [1.54, 1.807) is 13.0 Å². The van der Waals surface area contributed by atoms with Crippen LogP contribution >= 0.6 is 27.3 Å². The standard InChI is InChI=1S/C11H14BrNO4S2/c1-6-9(5-10(12)18-6)19(16,17)13-8-4-2-3-7(8)11(14)15/h5,7-8,13H,2-4H2,1H3,(H,14,15). The van der Waals surface area contributed by atoms with E-state index in [9.17, 15) is 13.2 Å². The van der Waals surface area contributed by atoms with Gasteiger partial charge in [0.15, 0.2) is 0 Å². The lowest BCUT2D eigenvalue weighted by molar-refractivity contribution is -0.141. The van der Waals surface area contributed by atoms with Crippen molar-refractivity contribution in [3.63, 3.8) is 0 Å². The number of aliphatic carboxylic acids is 1. The van der Waals surface area contributed by atoms with Gasteiger partial charge in [0.1, 0.15) is 0 Å². The molecule has 0 aromatic carbocycles. The van der Waals surface area contributed by atoms with E-state index in [0.717, 1.165) is 10.2 Å². The number of hydrogen-bond donors (Lipinski definition) is 2. The van der Waals surface area contributed by atoms with Gasteiger partial charge < -0.3 is 5.11 Å². The van der Waals surface area contributed by atoms with Crippen LogP contribution in [-0.2, 0) is 14.8 Å². The summed E-state index contributed by atoms with van der Waals surface area (Å²) in [6, 6.07) is 1.04. The van der Waals surface area contributed by atoms with Gasteiger partial charge in [0.05, 0.1) is 14.6 Å². The Morgan fingerprint density at radius 2 is 2.21 bits per heavy atom. The number of carbonyl (C=O) groups is 1.